The lowest BCUT2D eigenvalue weighted by atomic mass is 10.1. The van der Waals surface area contributed by atoms with E-state index in [4.69, 9.17) is 14.2 Å². The van der Waals surface area contributed by atoms with Crippen molar-refractivity contribution in [1.82, 2.24) is 9.97 Å². The van der Waals surface area contributed by atoms with Gasteiger partial charge in [0.05, 0.1) is 25.7 Å². The molecule has 3 rings (SSSR count). The molecule has 0 saturated carbocycles. The van der Waals surface area contributed by atoms with Gasteiger partial charge in [0.15, 0.2) is 0 Å². The number of nitrogens with one attached hydrogen (secondary N) is 1. The molecule has 13 nitrogen and oxygen atoms in total. The predicted molar refractivity (Wildman–Crippen MR) is 138 cm³/mol. The molecule has 0 atom stereocenters. The van der Waals surface area contributed by atoms with E-state index in [0.717, 1.165) is 17.4 Å². The van der Waals surface area contributed by atoms with Gasteiger partial charge in [-0.05, 0) is 42.3 Å². The highest BCUT2D eigenvalue weighted by atomic mass is 32.2. The molecule has 38 heavy (non-hydrogen) atoms. The number of hydrogen-bond acceptors (Lipinski definition) is 11. The number of anilines is 2. The van der Waals surface area contributed by atoms with Crippen molar-refractivity contribution in [3.05, 3.63) is 69.8 Å². The van der Waals surface area contributed by atoms with Gasteiger partial charge in [-0.1, -0.05) is 24.3 Å². The van der Waals surface area contributed by atoms with E-state index in [1.165, 1.54) is 19.1 Å². The molecule has 0 spiro atoms. The van der Waals surface area contributed by atoms with E-state index in [9.17, 15) is 23.3 Å². The maximum atomic E-state index is 12.4. The van der Waals surface area contributed by atoms with Crippen molar-refractivity contribution < 1.29 is 32.3 Å². The third kappa shape index (κ3) is 7.06. The number of methoxy groups -OCH3 is 2. The number of benzene rings is 2. The lowest BCUT2D eigenvalue weighted by Gasteiger charge is -2.25. The minimum Gasteiger partial charge on any atom is -0.497 e. The van der Waals surface area contributed by atoms with Crippen molar-refractivity contribution in [1.29, 1.82) is 0 Å². The fourth-order valence-corrected chi connectivity index (χ4v) is 3.95. The molecule has 0 aliphatic heterocycles. The summed E-state index contributed by atoms with van der Waals surface area (Å²) in [5.41, 5.74) is 0.772. The first-order valence-corrected chi connectivity index (χ1v) is 13.2. The molecular formula is C24H27N5O8S. The topological polar surface area (TPSA) is 163 Å². The lowest BCUT2D eigenvalue weighted by Crippen LogP contribution is -2.27. The number of carbonyl (C=O) groups excluding carboxylic acids is 1. The van der Waals surface area contributed by atoms with Crippen LogP contribution in [-0.4, -0.2) is 56.5 Å². The summed E-state index contributed by atoms with van der Waals surface area (Å²) in [5, 5.41) is 13.7. The molecule has 0 saturated heterocycles. The van der Waals surface area contributed by atoms with E-state index in [-0.39, 0.29) is 25.5 Å². The van der Waals surface area contributed by atoms with Gasteiger partial charge < -0.3 is 19.1 Å². The first-order chi connectivity index (χ1) is 18.0. The summed E-state index contributed by atoms with van der Waals surface area (Å²) < 4.78 is 40.1. The average Bonchev–Trinajstić information content (AvgIpc) is 2.88. The molecule has 0 unspecified atom stereocenters. The molecule has 1 heterocycles. The molecule has 1 N–H and O–H groups in total. The number of amides is 1. The van der Waals surface area contributed by atoms with Gasteiger partial charge >= 0.3 is 11.8 Å². The second-order valence-corrected chi connectivity index (χ2v) is 9.86. The van der Waals surface area contributed by atoms with Crippen molar-refractivity contribution in [2.24, 2.45) is 0 Å². The van der Waals surface area contributed by atoms with Crippen LogP contribution in [0.4, 0.5) is 22.1 Å². The van der Waals surface area contributed by atoms with Crippen LogP contribution in [0.3, 0.4) is 0 Å². The van der Waals surface area contributed by atoms with Gasteiger partial charge in [-0.25, -0.2) is 13.2 Å². The maximum Gasteiger partial charge on any atom is 0.412 e. The van der Waals surface area contributed by atoms with Crippen molar-refractivity contribution >= 4 is 33.3 Å². The Morgan fingerprint density at radius 3 is 1.87 bits per heavy atom. The van der Waals surface area contributed by atoms with Gasteiger partial charge in [0, 0.05) is 19.3 Å². The van der Waals surface area contributed by atoms with Gasteiger partial charge in [-0.15, -0.1) is 0 Å². The molecule has 14 heteroatoms. The van der Waals surface area contributed by atoms with Crippen LogP contribution in [0.5, 0.6) is 11.5 Å². The number of sulfone groups is 1. The number of carbonyl (C=O) groups is 1. The average molecular weight is 546 g/mol. The Morgan fingerprint density at radius 2 is 1.47 bits per heavy atom. The number of nitro groups is 1. The van der Waals surface area contributed by atoms with Gasteiger partial charge in [-0.3, -0.25) is 15.4 Å². The van der Waals surface area contributed by atoms with Crippen LogP contribution in [0.1, 0.15) is 18.1 Å². The van der Waals surface area contributed by atoms with Crippen molar-refractivity contribution in [2.75, 3.05) is 37.3 Å². The molecule has 1 aromatic heterocycles. The smallest absolute Gasteiger partial charge is 0.412 e. The normalized spacial score (nSPS) is 10.9. The van der Waals surface area contributed by atoms with Crippen molar-refractivity contribution in [2.45, 2.75) is 25.2 Å². The van der Waals surface area contributed by atoms with Crippen molar-refractivity contribution in [3.63, 3.8) is 0 Å². The van der Waals surface area contributed by atoms with Crippen molar-refractivity contribution in [3.8, 4) is 11.5 Å². The highest BCUT2D eigenvalue weighted by Gasteiger charge is 2.32. The SMILES string of the molecule is CCOC(=O)Nc1nc(S(C)(=O)=O)nc(N(Cc2ccc(OC)cc2)Cc2ccc(OC)cc2)c1[N+](=O)[O-]. The number of nitrogens with zero attached hydrogens (tertiary/aromatic N) is 4. The standard InChI is InChI=1S/C24H27N5O8S/c1-5-37-24(30)26-21-20(29(31)32)22(27-23(25-21)38(4,33)34)28(14-16-6-10-18(35-2)11-7-16)15-17-8-12-19(36-3)13-9-17/h6-13H,5,14-15H2,1-4H3,(H,25,26,27,30). The Kier molecular flexibility index (Phi) is 9.02. The van der Waals surface area contributed by atoms with Gasteiger partial charge in [0.2, 0.25) is 21.5 Å². The first-order valence-electron chi connectivity index (χ1n) is 11.3. The summed E-state index contributed by atoms with van der Waals surface area (Å²) in [7, 11) is -0.977. The molecule has 1 amide bonds. The first kappa shape index (κ1) is 28.1. The quantitative estimate of drug-likeness (QED) is 0.213. The van der Waals surface area contributed by atoms with Gasteiger partial charge in [0.1, 0.15) is 11.5 Å². The molecule has 3 aromatic rings. The second kappa shape index (κ2) is 12.2. The van der Waals surface area contributed by atoms with E-state index < -0.39 is 37.5 Å². The molecule has 202 valence electrons. The summed E-state index contributed by atoms with van der Waals surface area (Å²) in [6.45, 7) is 1.72. The molecule has 0 aliphatic rings. The summed E-state index contributed by atoms with van der Waals surface area (Å²) in [6, 6.07) is 14.0. The van der Waals surface area contributed by atoms with E-state index in [0.29, 0.717) is 11.5 Å². The van der Waals surface area contributed by atoms with Crippen LogP contribution in [-0.2, 0) is 27.7 Å². The van der Waals surface area contributed by atoms with Gasteiger partial charge in [-0.2, -0.15) is 9.97 Å². The maximum absolute atomic E-state index is 12.4. The fraction of sp³-hybridized carbons (Fsp3) is 0.292. The molecule has 0 aliphatic carbocycles. The molecule has 2 aromatic carbocycles. The number of hydrogen-bond donors (Lipinski definition) is 1. The Balaban J connectivity index is 2.21. The van der Waals surface area contributed by atoms with Crippen LogP contribution >= 0.6 is 0 Å². The largest absolute Gasteiger partial charge is 0.497 e. The monoisotopic (exact) mass is 545 g/mol. The molecule has 0 radical (unpaired) electrons. The number of ether oxygens (including phenoxy) is 3. The van der Waals surface area contributed by atoms with Crippen LogP contribution in [0.25, 0.3) is 0 Å². The minimum atomic E-state index is -4.03. The summed E-state index contributed by atoms with van der Waals surface area (Å²) in [5.74, 6) is 0.324. The predicted octanol–water partition coefficient (Wildman–Crippen LogP) is 3.58. The van der Waals surface area contributed by atoms with Crippen LogP contribution in [0, 0.1) is 10.1 Å². The van der Waals surface area contributed by atoms with Crippen LogP contribution in [0.15, 0.2) is 53.7 Å². The fourth-order valence-electron chi connectivity index (χ4n) is 3.44. The molecule has 0 bridgehead atoms. The Hall–Kier alpha value is -4.46. The zero-order valence-electron chi connectivity index (χ0n) is 21.2. The highest BCUT2D eigenvalue weighted by molar-refractivity contribution is 7.90. The summed E-state index contributed by atoms with van der Waals surface area (Å²) in [4.78, 5) is 33.0. The Morgan fingerprint density at radius 1 is 0.974 bits per heavy atom. The van der Waals surface area contributed by atoms with E-state index in [1.54, 1.807) is 55.5 Å². The zero-order valence-corrected chi connectivity index (χ0v) is 22.0. The number of rotatable bonds is 11. The van der Waals surface area contributed by atoms with Gasteiger partial charge in [0.25, 0.3) is 5.16 Å². The summed E-state index contributed by atoms with van der Waals surface area (Å²) in [6.07, 6.45) is -0.167. The third-order valence-corrected chi connectivity index (χ3v) is 6.07. The van der Waals surface area contributed by atoms with E-state index >= 15 is 0 Å². The Labute approximate surface area is 219 Å². The second-order valence-electron chi connectivity index (χ2n) is 7.95. The van der Waals surface area contributed by atoms with Crippen LogP contribution in [0.2, 0.25) is 0 Å². The summed E-state index contributed by atoms with van der Waals surface area (Å²) >= 11 is 0. The van der Waals surface area contributed by atoms with E-state index in [2.05, 4.69) is 15.3 Å². The number of aromatic nitrogens is 2. The third-order valence-electron chi connectivity index (χ3n) is 5.22. The highest BCUT2D eigenvalue weighted by Crippen LogP contribution is 2.36. The Bertz CT molecular complexity index is 1350. The minimum absolute atomic E-state index is 0.0163. The van der Waals surface area contributed by atoms with Crippen LogP contribution < -0.4 is 19.7 Å². The molecule has 0 fully saturated rings. The molecular weight excluding hydrogens is 518 g/mol. The zero-order chi connectivity index (χ0) is 27.9. The lowest BCUT2D eigenvalue weighted by molar-refractivity contribution is -0.383. The van der Waals surface area contributed by atoms with E-state index in [1.807, 2.05) is 0 Å².